The molecule has 0 saturated heterocycles. The van der Waals surface area contributed by atoms with E-state index in [4.69, 9.17) is 4.74 Å². The number of imidazole rings is 1. The van der Waals surface area contributed by atoms with Gasteiger partial charge in [-0.15, -0.1) is 0 Å². The lowest BCUT2D eigenvalue weighted by atomic mass is 10.1. The molecule has 0 aliphatic heterocycles. The molecule has 0 radical (unpaired) electrons. The highest BCUT2D eigenvalue weighted by atomic mass is 16.5. The highest BCUT2D eigenvalue weighted by molar-refractivity contribution is 5.33. The van der Waals surface area contributed by atoms with Crippen LogP contribution in [-0.2, 0) is 13.6 Å². The molecule has 1 N–H and O–H groups in total. The Morgan fingerprint density at radius 3 is 2.78 bits per heavy atom. The van der Waals surface area contributed by atoms with Crippen molar-refractivity contribution in [3.63, 3.8) is 0 Å². The second kappa shape index (κ2) is 5.22. The first-order valence-corrected chi connectivity index (χ1v) is 5.96. The van der Waals surface area contributed by atoms with Crippen LogP contribution in [-0.4, -0.2) is 33.5 Å². The van der Waals surface area contributed by atoms with Gasteiger partial charge >= 0.3 is 0 Å². The Morgan fingerprint density at radius 2 is 2.28 bits per heavy atom. The van der Waals surface area contributed by atoms with E-state index in [-0.39, 0.29) is 6.04 Å². The summed E-state index contributed by atoms with van der Waals surface area (Å²) < 4.78 is 9.24. The van der Waals surface area contributed by atoms with E-state index in [1.807, 2.05) is 29.5 Å². The minimum absolute atomic E-state index is 0.0244. The average molecular weight is 249 g/mol. The molecule has 0 saturated carbocycles. The monoisotopic (exact) mass is 249 g/mol. The molecule has 2 aromatic rings. The number of aromatic nitrogens is 4. The van der Waals surface area contributed by atoms with Crippen molar-refractivity contribution in [2.24, 2.45) is 7.05 Å². The number of methoxy groups -OCH3 is 1. The minimum Gasteiger partial charge on any atom is -0.493 e. The number of ether oxygens (including phenoxy) is 1. The molecule has 2 rings (SSSR count). The fourth-order valence-corrected chi connectivity index (χ4v) is 2.09. The molecule has 6 heteroatoms. The average Bonchev–Trinajstić information content (AvgIpc) is 2.97. The second-order valence-electron chi connectivity index (χ2n) is 4.10. The van der Waals surface area contributed by atoms with E-state index >= 15 is 0 Å². The Hall–Kier alpha value is -1.82. The van der Waals surface area contributed by atoms with Gasteiger partial charge in [-0.2, -0.15) is 5.10 Å². The molecule has 6 nitrogen and oxygen atoms in total. The van der Waals surface area contributed by atoms with Crippen LogP contribution in [0.5, 0.6) is 5.75 Å². The Morgan fingerprint density at radius 1 is 1.50 bits per heavy atom. The molecule has 0 aliphatic carbocycles. The van der Waals surface area contributed by atoms with Crippen molar-refractivity contribution in [2.75, 3.05) is 14.2 Å². The number of hydrogen-bond donors (Lipinski definition) is 1. The third-order valence-corrected chi connectivity index (χ3v) is 2.95. The summed E-state index contributed by atoms with van der Waals surface area (Å²) in [6, 6.07) is -0.0244. The summed E-state index contributed by atoms with van der Waals surface area (Å²) in [5.74, 6) is 0.779. The van der Waals surface area contributed by atoms with Crippen molar-refractivity contribution < 1.29 is 4.74 Å². The topological polar surface area (TPSA) is 56.9 Å². The molecule has 1 atom stereocenters. The predicted molar refractivity (Wildman–Crippen MR) is 68.6 cm³/mol. The normalized spacial score (nSPS) is 12.7. The zero-order chi connectivity index (χ0) is 13.1. The smallest absolute Gasteiger partial charge is 0.161 e. The van der Waals surface area contributed by atoms with Gasteiger partial charge in [0.05, 0.1) is 31.4 Å². The summed E-state index contributed by atoms with van der Waals surface area (Å²) >= 11 is 0. The maximum Gasteiger partial charge on any atom is 0.161 e. The molecule has 0 amide bonds. The highest BCUT2D eigenvalue weighted by Crippen LogP contribution is 2.28. The first-order valence-electron chi connectivity index (χ1n) is 5.96. The predicted octanol–water partition coefficient (Wildman–Crippen LogP) is 0.954. The Bertz CT molecular complexity index is 495. The van der Waals surface area contributed by atoms with Crippen LogP contribution in [0.2, 0.25) is 0 Å². The van der Waals surface area contributed by atoms with E-state index in [0.29, 0.717) is 0 Å². The van der Waals surface area contributed by atoms with Gasteiger partial charge in [-0.3, -0.25) is 4.68 Å². The molecule has 2 heterocycles. The number of aryl methyl sites for hydroxylation is 2. The van der Waals surface area contributed by atoms with Crippen LogP contribution in [0, 0.1) is 0 Å². The van der Waals surface area contributed by atoms with Gasteiger partial charge in [0.1, 0.15) is 5.69 Å². The maximum absolute atomic E-state index is 5.38. The van der Waals surface area contributed by atoms with Gasteiger partial charge in [0.25, 0.3) is 0 Å². The van der Waals surface area contributed by atoms with Gasteiger partial charge in [0.2, 0.25) is 0 Å². The Labute approximate surface area is 107 Å². The third kappa shape index (κ3) is 2.11. The number of rotatable bonds is 5. The summed E-state index contributed by atoms with van der Waals surface area (Å²) in [7, 11) is 5.52. The van der Waals surface area contributed by atoms with E-state index in [1.54, 1.807) is 19.6 Å². The zero-order valence-corrected chi connectivity index (χ0v) is 11.2. The molecule has 0 aromatic carbocycles. The van der Waals surface area contributed by atoms with Crippen LogP contribution in [0.4, 0.5) is 0 Å². The van der Waals surface area contributed by atoms with Crippen LogP contribution in [0.1, 0.15) is 24.4 Å². The minimum atomic E-state index is -0.0244. The molecule has 98 valence electrons. The summed E-state index contributed by atoms with van der Waals surface area (Å²) in [6.07, 6.45) is 5.53. The molecule has 2 aromatic heterocycles. The largest absolute Gasteiger partial charge is 0.493 e. The SMILES string of the molecule is CCn1ncc(OC)c1C(NC)c1cn(C)cn1. The van der Waals surface area contributed by atoms with Gasteiger partial charge in [0, 0.05) is 19.8 Å². The van der Waals surface area contributed by atoms with Crippen LogP contribution in [0.3, 0.4) is 0 Å². The molecule has 0 aliphatic rings. The van der Waals surface area contributed by atoms with Gasteiger partial charge < -0.3 is 14.6 Å². The second-order valence-corrected chi connectivity index (χ2v) is 4.10. The van der Waals surface area contributed by atoms with Gasteiger partial charge in [-0.25, -0.2) is 4.98 Å². The van der Waals surface area contributed by atoms with Crippen molar-refractivity contribution in [1.82, 2.24) is 24.6 Å². The standard InChI is InChI=1S/C12H19N5O/c1-5-17-12(10(18-4)6-15-17)11(13-2)9-7-16(3)8-14-9/h6-8,11,13H,5H2,1-4H3. The van der Waals surface area contributed by atoms with E-state index in [1.165, 1.54) is 0 Å². The van der Waals surface area contributed by atoms with Crippen molar-refractivity contribution in [1.29, 1.82) is 0 Å². The number of hydrogen-bond acceptors (Lipinski definition) is 4. The summed E-state index contributed by atoms with van der Waals surface area (Å²) in [5, 5.41) is 7.59. The van der Waals surface area contributed by atoms with Crippen LogP contribution in [0.25, 0.3) is 0 Å². The molecule has 1 unspecified atom stereocenters. The van der Waals surface area contributed by atoms with Crippen molar-refractivity contribution in [2.45, 2.75) is 19.5 Å². The Kier molecular flexibility index (Phi) is 3.66. The lowest BCUT2D eigenvalue weighted by molar-refractivity contribution is 0.400. The van der Waals surface area contributed by atoms with E-state index in [0.717, 1.165) is 23.7 Å². The molecular formula is C12H19N5O. The van der Waals surface area contributed by atoms with Crippen LogP contribution >= 0.6 is 0 Å². The summed E-state index contributed by atoms with van der Waals surface area (Å²) in [4.78, 5) is 4.40. The van der Waals surface area contributed by atoms with Gasteiger partial charge in [0.15, 0.2) is 5.75 Å². The third-order valence-electron chi connectivity index (χ3n) is 2.95. The summed E-state index contributed by atoms with van der Waals surface area (Å²) in [6.45, 7) is 2.85. The van der Waals surface area contributed by atoms with Crippen molar-refractivity contribution >= 4 is 0 Å². The van der Waals surface area contributed by atoms with E-state index < -0.39 is 0 Å². The zero-order valence-electron chi connectivity index (χ0n) is 11.2. The van der Waals surface area contributed by atoms with E-state index in [2.05, 4.69) is 22.3 Å². The molecular weight excluding hydrogens is 230 g/mol. The number of nitrogens with one attached hydrogen (secondary N) is 1. The first-order chi connectivity index (χ1) is 8.71. The van der Waals surface area contributed by atoms with Gasteiger partial charge in [-0.1, -0.05) is 0 Å². The van der Waals surface area contributed by atoms with Crippen LogP contribution < -0.4 is 10.1 Å². The highest BCUT2D eigenvalue weighted by Gasteiger charge is 2.23. The first kappa shape index (κ1) is 12.6. The van der Waals surface area contributed by atoms with Crippen molar-refractivity contribution in [3.8, 4) is 5.75 Å². The van der Waals surface area contributed by atoms with Crippen molar-refractivity contribution in [3.05, 3.63) is 30.1 Å². The molecule has 0 bridgehead atoms. The Balaban J connectivity index is 2.46. The quantitative estimate of drug-likeness (QED) is 0.857. The summed E-state index contributed by atoms with van der Waals surface area (Å²) in [5.41, 5.74) is 1.95. The van der Waals surface area contributed by atoms with E-state index in [9.17, 15) is 0 Å². The fraction of sp³-hybridized carbons (Fsp3) is 0.500. The maximum atomic E-state index is 5.38. The number of nitrogens with zero attached hydrogens (tertiary/aromatic N) is 4. The lowest BCUT2D eigenvalue weighted by Gasteiger charge is -2.16. The lowest BCUT2D eigenvalue weighted by Crippen LogP contribution is -2.22. The molecule has 0 spiro atoms. The van der Waals surface area contributed by atoms with Crippen LogP contribution in [0.15, 0.2) is 18.7 Å². The molecule has 18 heavy (non-hydrogen) atoms. The fourth-order valence-electron chi connectivity index (χ4n) is 2.09. The van der Waals surface area contributed by atoms with Gasteiger partial charge in [-0.05, 0) is 14.0 Å². The molecule has 0 fully saturated rings.